The van der Waals surface area contributed by atoms with Crippen molar-refractivity contribution in [2.75, 3.05) is 13.1 Å². The summed E-state index contributed by atoms with van der Waals surface area (Å²) in [5, 5.41) is 1.88. The number of nitrogens with zero attached hydrogens (tertiary/aromatic N) is 1. The summed E-state index contributed by atoms with van der Waals surface area (Å²) in [6.07, 6.45) is 3.20. The summed E-state index contributed by atoms with van der Waals surface area (Å²) < 4.78 is 27.1. The third-order valence-electron chi connectivity index (χ3n) is 3.65. The van der Waals surface area contributed by atoms with Crippen molar-refractivity contribution in [3.8, 4) is 0 Å². The highest BCUT2D eigenvalue weighted by Crippen LogP contribution is 2.33. The van der Waals surface area contributed by atoms with E-state index in [9.17, 15) is 8.42 Å². The normalized spacial score (nSPS) is 21.1. The third kappa shape index (κ3) is 2.99. The second kappa shape index (κ2) is 6.12. The van der Waals surface area contributed by atoms with Crippen LogP contribution < -0.4 is 0 Å². The molecule has 6 heteroatoms. The standard InChI is InChI=1S/C13H20ClNO2S2/c1-3-4-11-5-6-15(8-11)19(16,17)13-10(2)9-18-12(13)7-14/h9,11H,3-8H2,1-2H3. The van der Waals surface area contributed by atoms with Crippen LogP contribution in [0.2, 0.25) is 0 Å². The number of thiophene rings is 1. The van der Waals surface area contributed by atoms with Gasteiger partial charge < -0.3 is 0 Å². The summed E-state index contributed by atoms with van der Waals surface area (Å²) in [6, 6.07) is 0. The number of hydrogen-bond donors (Lipinski definition) is 0. The molecule has 0 bridgehead atoms. The van der Waals surface area contributed by atoms with Crippen molar-refractivity contribution in [1.29, 1.82) is 0 Å². The van der Waals surface area contributed by atoms with Crippen LogP contribution in [0, 0.1) is 12.8 Å². The highest BCUT2D eigenvalue weighted by atomic mass is 35.5. The number of halogens is 1. The third-order valence-corrected chi connectivity index (χ3v) is 7.41. The number of sulfonamides is 1. The van der Waals surface area contributed by atoms with Gasteiger partial charge in [0, 0.05) is 18.0 Å². The van der Waals surface area contributed by atoms with Gasteiger partial charge in [-0.15, -0.1) is 22.9 Å². The SMILES string of the molecule is CCCC1CCN(S(=O)(=O)c2c(C)csc2CCl)C1. The molecule has 1 atom stereocenters. The fraction of sp³-hybridized carbons (Fsp3) is 0.692. The zero-order chi connectivity index (χ0) is 14.0. The van der Waals surface area contributed by atoms with E-state index in [2.05, 4.69) is 6.92 Å². The highest BCUT2D eigenvalue weighted by Gasteiger charge is 2.34. The van der Waals surface area contributed by atoms with E-state index in [0.29, 0.717) is 23.9 Å². The zero-order valence-corrected chi connectivity index (χ0v) is 13.7. The molecule has 0 radical (unpaired) electrons. The van der Waals surface area contributed by atoms with Crippen LogP contribution in [0.5, 0.6) is 0 Å². The van der Waals surface area contributed by atoms with E-state index in [0.717, 1.165) is 29.7 Å². The second-order valence-corrected chi connectivity index (χ2v) is 8.22. The summed E-state index contributed by atoms with van der Waals surface area (Å²) >= 11 is 7.30. The van der Waals surface area contributed by atoms with Gasteiger partial charge in [-0.25, -0.2) is 8.42 Å². The van der Waals surface area contributed by atoms with Gasteiger partial charge in [0.1, 0.15) is 4.90 Å². The number of alkyl halides is 1. The maximum atomic E-state index is 12.7. The fourth-order valence-electron chi connectivity index (χ4n) is 2.71. The van der Waals surface area contributed by atoms with E-state index >= 15 is 0 Å². The fourth-order valence-corrected chi connectivity index (χ4v) is 6.26. The Morgan fingerprint density at radius 1 is 1.53 bits per heavy atom. The van der Waals surface area contributed by atoms with Crippen molar-refractivity contribution in [3.63, 3.8) is 0 Å². The molecule has 1 aliphatic heterocycles. The van der Waals surface area contributed by atoms with Gasteiger partial charge >= 0.3 is 0 Å². The zero-order valence-electron chi connectivity index (χ0n) is 11.4. The lowest BCUT2D eigenvalue weighted by Gasteiger charge is -2.17. The van der Waals surface area contributed by atoms with Crippen molar-refractivity contribution in [1.82, 2.24) is 4.31 Å². The Balaban J connectivity index is 2.26. The minimum atomic E-state index is -3.36. The molecule has 0 aliphatic carbocycles. The van der Waals surface area contributed by atoms with Crippen molar-refractivity contribution < 1.29 is 8.42 Å². The van der Waals surface area contributed by atoms with Crippen LogP contribution in [0.1, 0.15) is 36.6 Å². The smallest absolute Gasteiger partial charge is 0.207 e. The minimum absolute atomic E-state index is 0.263. The quantitative estimate of drug-likeness (QED) is 0.777. The predicted octanol–water partition coefficient (Wildman–Crippen LogP) is 3.61. The number of rotatable bonds is 5. The molecule has 1 aromatic rings. The molecule has 19 heavy (non-hydrogen) atoms. The van der Waals surface area contributed by atoms with Crippen LogP contribution in [0.15, 0.2) is 10.3 Å². The van der Waals surface area contributed by atoms with Gasteiger partial charge in [0.25, 0.3) is 0 Å². The lowest BCUT2D eigenvalue weighted by Crippen LogP contribution is -2.29. The number of aryl methyl sites for hydroxylation is 1. The van der Waals surface area contributed by atoms with Crippen LogP contribution in [-0.2, 0) is 15.9 Å². The Labute approximate surface area is 124 Å². The van der Waals surface area contributed by atoms with E-state index in [1.807, 2.05) is 12.3 Å². The minimum Gasteiger partial charge on any atom is -0.207 e. The Morgan fingerprint density at radius 2 is 2.26 bits per heavy atom. The monoisotopic (exact) mass is 321 g/mol. The Morgan fingerprint density at radius 3 is 2.89 bits per heavy atom. The molecule has 0 saturated carbocycles. The van der Waals surface area contributed by atoms with Crippen LogP contribution in [-0.4, -0.2) is 25.8 Å². The molecule has 1 saturated heterocycles. The van der Waals surface area contributed by atoms with E-state index in [-0.39, 0.29) is 5.88 Å². The lowest BCUT2D eigenvalue weighted by molar-refractivity contribution is 0.444. The molecular weight excluding hydrogens is 302 g/mol. The molecule has 0 spiro atoms. The molecule has 1 aliphatic rings. The molecular formula is C13H20ClNO2S2. The summed E-state index contributed by atoms with van der Waals surface area (Å²) in [5.41, 5.74) is 0.819. The topological polar surface area (TPSA) is 37.4 Å². The molecule has 0 N–H and O–H groups in total. The molecule has 3 nitrogen and oxygen atoms in total. The van der Waals surface area contributed by atoms with Gasteiger partial charge in [-0.1, -0.05) is 13.3 Å². The van der Waals surface area contributed by atoms with Crippen molar-refractivity contribution >= 4 is 33.0 Å². The van der Waals surface area contributed by atoms with Crippen LogP contribution in [0.25, 0.3) is 0 Å². The first kappa shape index (κ1) is 15.3. The first-order valence-corrected chi connectivity index (χ1v) is 9.49. The average molecular weight is 322 g/mol. The van der Waals surface area contributed by atoms with E-state index in [4.69, 9.17) is 11.6 Å². The molecule has 108 valence electrons. The van der Waals surface area contributed by atoms with Gasteiger partial charge in [-0.3, -0.25) is 0 Å². The molecule has 2 rings (SSSR count). The van der Waals surface area contributed by atoms with E-state index < -0.39 is 10.0 Å². The van der Waals surface area contributed by atoms with Crippen molar-refractivity contribution in [2.24, 2.45) is 5.92 Å². The Bertz CT molecular complexity index is 539. The maximum Gasteiger partial charge on any atom is 0.244 e. The molecule has 1 fully saturated rings. The summed E-state index contributed by atoms with van der Waals surface area (Å²) in [4.78, 5) is 1.21. The van der Waals surface area contributed by atoms with E-state index in [1.165, 1.54) is 11.3 Å². The molecule has 0 amide bonds. The molecule has 1 unspecified atom stereocenters. The van der Waals surface area contributed by atoms with Gasteiger partial charge in [0.15, 0.2) is 0 Å². The molecule has 1 aromatic heterocycles. The molecule has 0 aromatic carbocycles. The van der Waals surface area contributed by atoms with Gasteiger partial charge in [-0.05, 0) is 36.6 Å². The van der Waals surface area contributed by atoms with Crippen LogP contribution >= 0.6 is 22.9 Å². The Hall–Kier alpha value is -0.100. The number of hydrogen-bond acceptors (Lipinski definition) is 3. The first-order chi connectivity index (χ1) is 9.00. The van der Waals surface area contributed by atoms with Crippen LogP contribution in [0.4, 0.5) is 0 Å². The van der Waals surface area contributed by atoms with Gasteiger partial charge in [0.05, 0.1) is 5.88 Å². The largest absolute Gasteiger partial charge is 0.244 e. The molecule has 2 heterocycles. The van der Waals surface area contributed by atoms with Crippen LogP contribution in [0.3, 0.4) is 0 Å². The summed E-state index contributed by atoms with van der Waals surface area (Å²) in [7, 11) is -3.36. The highest BCUT2D eigenvalue weighted by molar-refractivity contribution is 7.89. The lowest BCUT2D eigenvalue weighted by atomic mass is 10.0. The average Bonchev–Trinajstić information content (AvgIpc) is 2.96. The predicted molar refractivity (Wildman–Crippen MR) is 80.4 cm³/mol. The maximum absolute atomic E-state index is 12.7. The summed E-state index contributed by atoms with van der Waals surface area (Å²) in [6.45, 7) is 5.29. The first-order valence-electron chi connectivity index (χ1n) is 6.63. The van der Waals surface area contributed by atoms with Crippen molar-refractivity contribution in [2.45, 2.75) is 43.9 Å². The van der Waals surface area contributed by atoms with Gasteiger partial charge in [0.2, 0.25) is 10.0 Å². The van der Waals surface area contributed by atoms with Gasteiger partial charge in [-0.2, -0.15) is 4.31 Å². The van der Waals surface area contributed by atoms with Crippen molar-refractivity contribution in [3.05, 3.63) is 15.8 Å². The Kier molecular flexibility index (Phi) is 4.93. The second-order valence-electron chi connectivity index (χ2n) is 5.11. The van der Waals surface area contributed by atoms with E-state index in [1.54, 1.807) is 4.31 Å². The summed E-state index contributed by atoms with van der Waals surface area (Å²) in [5.74, 6) is 0.775.